The number of halogens is 1. The van der Waals surface area contributed by atoms with Gasteiger partial charge >= 0.3 is 12.1 Å². The van der Waals surface area contributed by atoms with Crippen LogP contribution in [0.1, 0.15) is 55.8 Å². The zero-order valence-electron chi connectivity index (χ0n) is 15.4. The summed E-state index contributed by atoms with van der Waals surface area (Å²) in [6.45, 7) is 6.59. The first-order chi connectivity index (χ1) is 12.6. The van der Waals surface area contributed by atoms with E-state index in [1.165, 1.54) is 6.07 Å². The number of amides is 1. The largest absolute Gasteiger partial charge is 0.444 e. The highest BCUT2D eigenvalue weighted by Gasteiger charge is 2.46. The molecule has 1 aromatic rings. The first-order valence-electron chi connectivity index (χ1n) is 9.00. The predicted octanol–water partition coefficient (Wildman–Crippen LogP) is 2.48. The van der Waals surface area contributed by atoms with Crippen molar-refractivity contribution in [2.24, 2.45) is 0 Å². The van der Waals surface area contributed by atoms with E-state index < -0.39 is 17.9 Å². The summed E-state index contributed by atoms with van der Waals surface area (Å²) in [5.74, 6) is -0.171. The van der Waals surface area contributed by atoms with Crippen molar-refractivity contribution in [2.45, 2.75) is 57.6 Å². The van der Waals surface area contributed by atoms with Gasteiger partial charge in [0.15, 0.2) is 0 Å². The van der Waals surface area contributed by atoms with Gasteiger partial charge in [-0.1, -0.05) is 11.6 Å². The van der Waals surface area contributed by atoms with E-state index in [2.05, 4.69) is 4.98 Å². The average Bonchev–Trinajstić information content (AvgIpc) is 2.98. The topological polar surface area (TPSA) is 92.2 Å². The highest BCUT2D eigenvalue weighted by atomic mass is 35.5. The molecule has 3 aliphatic rings. The molecule has 1 amide bonds. The Hall–Kier alpha value is -2.06. The number of carbonyl (C=O) groups excluding carboxylic acids is 2. The van der Waals surface area contributed by atoms with E-state index in [4.69, 9.17) is 21.1 Å². The van der Waals surface area contributed by atoms with Gasteiger partial charge in [-0.2, -0.15) is 0 Å². The molecule has 2 saturated heterocycles. The Bertz CT molecular complexity index is 795. The molecule has 2 bridgehead atoms. The molecule has 8 nitrogen and oxygen atoms in total. The van der Waals surface area contributed by atoms with E-state index >= 15 is 0 Å². The molecule has 1 N–H and O–H groups in total. The molecule has 0 radical (unpaired) electrons. The van der Waals surface area contributed by atoms with Gasteiger partial charge in [-0.3, -0.25) is 4.90 Å². The fraction of sp³-hybridized carbons (Fsp3) is 0.611. The third-order valence-electron chi connectivity index (χ3n) is 5.08. The number of aromatic nitrogens is 1. The van der Waals surface area contributed by atoms with Crippen LogP contribution in [0.2, 0.25) is 5.15 Å². The van der Waals surface area contributed by atoms with Gasteiger partial charge in [-0.05, 0) is 39.7 Å². The number of rotatable bonds is 1. The van der Waals surface area contributed by atoms with Gasteiger partial charge in [0.2, 0.25) is 6.29 Å². The fourth-order valence-corrected chi connectivity index (χ4v) is 4.27. The number of nitrogens with zero attached hydrogens (tertiary/aromatic N) is 3. The maximum absolute atomic E-state index is 12.6. The Morgan fingerprint density at radius 1 is 1.33 bits per heavy atom. The molecule has 1 aromatic heterocycles. The minimum absolute atomic E-state index is 0.0230. The lowest BCUT2D eigenvalue weighted by Gasteiger charge is -2.42. The molecular formula is C18H22ClN3O5. The molecule has 0 aliphatic carbocycles. The van der Waals surface area contributed by atoms with Crippen LogP contribution in [0.5, 0.6) is 0 Å². The van der Waals surface area contributed by atoms with E-state index in [0.29, 0.717) is 24.5 Å². The van der Waals surface area contributed by atoms with E-state index in [1.54, 1.807) is 0 Å². The Morgan fingerprint density at radius 2 is 1.96 bits per heavy atom. The Labute approximate surface area is 162 Å². The number of aliphatic hydroxyl groups excluding tert-OH is 1. The standard InChI is InChI=1S/C18H22ClN3O5/c1-18(2,3)27-17(25)22-9-4-5-10(22)8-21(7-9)14-13-11(6-12(19)20-14)15(23)26-16(13)24/h6,9-10,16,24H,4-5,7-8H2,1-3H3. The zero-order valence-corrected chi connectivity index (χ0v) is 16.2. The molecular weight excluding hydrogens is 374 g/mol. The molecule has 4 heterocycles. The molecule has 2 fully saturated rings. The van der Waals surface area contributed by atoms with Crippen molar-refractivity contribution in [2.75, 3.05) is 18.0 Å². The van der Waals surface area contributed by atoms with Crippen molar-refractivity contribution in [1.82, 2.24) is 9.88 Å². The minimum Gasteiger partial charge on any atom is -0.444 e. The third-order valence-corrected chi connectivity index (χ3v) is 5.27. The number of ether oxygens (including phenoxy) is 2. The Balaban J connectivity index is 1.61. The second-order valence-electron chi connectivity index (χ2n) is 8.17. The summed E-state index contributed by atoms with van der Waals surface area (Å²) in [5.41, 5.74) is 0.0269. The van der Waals surface area contributed by atoms with Crippen molar-refractivity contribution in [3.05, 3.63) is 22.3 Å². The van der Waals surface area contributed by atoms with Gasteiger partial charge in [-0.25, -0.2) is 14.6 Å². The maximum Gasteiger partial charge on any atom is 0.410 e. The predicted molar refractivity (Wildman–Crippen MR) is 96.7 cm³/mol. The van der Waals surface area contributed by atoms with Crippen LogP contribution in [-0.4, -0.2) is 57.8 Å². The van der Waals surface area contributed by atoms with E-state index in [9.17, 15) is 14.7 Å². The van der Waals surface area contributed by atoms with E-state index in [0.717, 1.165) is 12.8 Å². The van der Waals surface area contributed by atoms with Crippen LogP contribution in [0.4, 0.5) is 10.6 Å². The molecule has 3 unspecified atom stereocenters. The summed E-state index contributed by atoms with van der Waals surface area (Å²) in [4.78, 5) is 32.6. The molecule has 0 spiro atoms. The number of anilines is 1. The average molecular weight is 396 g/mol. The van der Waals surface area contributed by atoms with Gasteiger partial charge in [0.1, 0.15) is 16.6 Å². The van der Waals surface area contributed by atoms with Crippen molar-refractivity contribution in [3.8, 4) is 0 Å². The quantitative estimate of drug-likeness (QED) is 0.576. The van der Waals surface area contributed by atoms with Crippen LogP contribution in [0.3, 0.4) is 0 Å². The number of hydrogen-bond donors (Lipinski definition) is 1. The van der Waals surface area contributed by atoms with Crippen LogP contribution in [0.15, 0.2) is 6.07 Å². The number of piperazine rings is 1. The van der Waals surface area contributed by atoms with Gasteiger partial charge in [0, 0.05) is 13.1 Å². The summed E-state index contributed by atoms with van der Waals surface area (Å²) < 4.78 is 10.5. The number of hydrogen-bond acceptors (Lipinski definition) is 7. The summed E-state index contributed by atoms with van der Waals surface area (Å²) in [6, 6.07) is 1.36. The molecule has 3 atom stereocenters. The normalized spacial score (nSPS) is 26.9. The lowest BCUT2D eigenvalue weighted by molar-refractivity contribution is -0.0547. The molecule has 4 rings (SSSR count). The first kappa shape index (κ1) is 18.3. The number of aliphatic hydroxyl groups is 1. The van der Waals surface area contributed by atoms with E-state index in [-0.39, 0.29) is 28.9 Å². The second kappa shape index (κ2) is 6.24. The van der Waals surface area contributed by atoms with Crippen LogP contribution < -0.4 is 4.90 Å². The molecule has 3 aliphatic heterocycles. The smallest absolute Gasteiger partial charge is 0.410 e. The summed E-state index contributed by atoms with van der Waals surface area (Å²) in [7, 11) is 0. The monoisotopic (exact) mass is 395 g/mol. The van der Waals surface area contributed by atoms with Gasteiger partial charge in [0.05, 0.1) is 23.2 Å². The molecule has 0 aromatic carbocycles. The van der Waals surface area contributed by atoms with Crippen LogP contribution in [-0.2, 0) is 9.47 Å². The Kier molecular flexibility index (Phi) is 4.23. The van der Waals surface area contributed by atoms with Crippen molar-refractivity contribution >= 4 is 29.5 Å². The lowest BCUT2D eigenvalue weighted by atomic mass is 10.1. The van der Waals surface area contributed by atoms with Gasteiger partial charge < -0.3 is 19.5 Å². The number of carbonyl (C=O) groups is 2. The number of fused-ring (bicyclic) bond motifs is 3. The molecule has 27 heavy (non-hydrogen) atoms. The highest BCUT2D eigenvalue weighted by Crippen LogP contribution is 2.40. The Morgan fingerprint density at radius 3 is 2.56 bits per heavy atom. The molecule has 9 heteroatoms. The number of cyclic esters (lactones) is 1. The SMILES string of the molecule is CC(C)(C)OC(=O)N1C2CCC1CN(c1nc(Cl)cc3c1C(O)OC3=O)C2. The third kappa shape index (κ3) is 3.21. The maximum atomic E-state index is 12.6. The zero-order chi connectivity index (χ0) is 19.5. The number of pyridine rings is 1. The number of esters is 1. The minimum atomic E-state index is -1.35. The van der Waals surface area contributed by atoms with Gasteiger partial charge in [-0.15, -0.1) is 0 Å². The molecule has 146 valence electrons. The summed E-state index contributed by atoms with van der Waals surface area (Å²) in [5, 5.41) is 10.3. The van der Waals surface area contributed by atoms with Crippen LogP contribution in [0.25, 0.3) is 0 Å². The molecule has 0 saturated carbocycles. The van der Waals surface area contributed by atoms with Gasteiger partial charge in [0.25, 0.3) is 0 Å². The van der Waals surface area contributed by atoms with Crippen LogP contribution in [0, 0.1) is 0 Å². The summed E-state index contributed by atoms with van der Waals surface area (Å²) >= 11 is 6.09. The highest BCUT2D eigenvalue weighted by molar-refractivity contribution is 6.30. The van der Waals surface area contributed by atoms with Crippen molar-refractivity contribution < 1.29 is 24.2 Å². The van der Waals surface area contributed by atoms with Crippen molar-refractivity contribution in [3.63, 3.8) is 0 Å². The fourth-order valence-electron chi connectivity index (χ4n) is 4.08. The van der Waals surface area contributed by atoms with E-state index in [1.807, 2.05) is 30.6 Å². The van der Waals surface area contributed by atoms with Crippen LogP contribution >= 0.6 is 11.6 Å². The van der Waals surface area contributed by atoms with Crippen molar-refractivity contribution in [1.29, 1.82) is 0 Å². The summed E-state index contributed by atoms with van der Waals surface area (Å²) in [6.07, 6.45) is 0.0637. The first-order valence-corrected chi connectivity index (χ1v) is 9.37. The lowest BCUT2D eigenvalue weighted by Crippen LogP contribution is -2.57. The second-order valence-corrected chi connectivity index (χ2v) is 8.55.